The predicted octanol–water partition coefficient (Wildman–Crippen LogP) is 4.90. The van der Waals surface area contributed by atoms with Gasteiger partial charge in [-0.1, -0.05) is 30.3 Å². The van der Waals surface area contributed by atoms with Crippen LogP contribution in [0.4, 0.5) is 13.2 Å². The third-order valence-electron chi connectivity index (χ3n) is 2.72. The first-order valence-electron chi connectivity index (χ1n) is 6.11. The number of aromatic nitrogens is 2. The lowest BCUT2D eigenvalue weighted by molar-refractivity contribution is -0.137. The maximum atomic E-state index is 11.8. The van der Waals surface area contributed by atoms with E-state index in [1.165, 1.54) is 24.1 Å². The quantitative estimate of drug-likeness (QED) is 0.435. The van der Waals surface area contributed by atoms with Crippen LogP contribution in [0.15, 0.2) is 53.4 Å². The van der Waals surface area contributed by atoms with Crippen LogP contribution in [0.2, 0.25) is 0 Å². The second kappa shape index (κ2) is 6.99. The lowest BCUT2D eigenvalue weighted by Gasteiger charge is -2.03. The summed E-state index contributed by atoms with van der Waals surface area (Å²) in [6, 6.07) is 12.2. The summed E-state index contributed by atoms with van der Waals surface area (Å²) >= 11 is 6.17. The lowest BCUT2D eigenvalue weighted by Crippen LogP contribution is -2.03. The van der Waals surface area contributed by atoms with E-state index in [-0.39, 0.29) is 0 Å². The summed E-state index contributed by atoms with van der Waals surface area (Å²) in [6.45, 7) is 0. The number of nitrogens with one attached hydrogen (secondary N) is 2. The molecule has 0 aliphatic carbocycles. The number of alkyl halides is 3. The summed E-state index contributed by atoms with van der Waals surface area (Å²) < 4.78 is 36.0. The van der Waals surface area contributed by atoms with Crippen LogP contribution in [0.1, 0.15) is 5.56 Å². The van der Waals surface area contributed by atoms with E-state index in [0.29, 0.717) is 4.77 Å². The van der Waals surface area contributed by atoms with Crippen molar-refractivity contribution in [3.8, 4) is 0 Å². The molecule has 4 N–H and O–H groups in total. The Morgan fingerprint density at radius 3 is 2.14 bits per heavy atom. The zero-order chi connectivity index (χ0) is 16.2. The maximum Gasteiger partial charge on any atom is 0.416 e. The predicted molar refractivity (Wildman–Crippen MR) is 85.0 cm³/mol. The van der Waals surface area contributed by atoms with Crippen LogP contribution in [0.3, 0.4) is 0 Å². The molecule has 0 fully saturated rings. The minimum Gasteiger partial charge on any atom is -0.331 e. The zero-order valence-electron chi connectivity index (χ0n) is 11.1. The molecule has 116 valence electrons. The number of hydrogen-bond donors (Lipinski definition) is 3. The van der Waals surface area contributed by atoms with Crippen LogP contribution >= 0.6 is 24.2 Å². The summed E-state index contributed by atoms with van der Waals surface area (Å²) in [6.07, 6.45) is -4.21. The molecule has 8 heteroatoms. The van der Waals surface area contributed by atoms with Crippen molar-refractivity contribution < 1.29 is 13.2 Å². The van der Waals surface area contributed by atoms with Crippen LogP contribution in [0, 0.1) is 4.77 Å². The van der Waals surface area contributed by atoms with Gasteiger partial charge in [-0.15, -0.1) is 0 Å². The van der Waals surface area contributed by atoms with E-state index in [0.717, 1.165) is 28.1 Å². The fourth-order valence-electron chi connectivity index (χ4n) is 1.71. The third-order valence-corrected chi connectivity index (χ3v) is 3.45. The molecule has 0 bridgehead atoms. The summed E-state index contributed by atoms with van der Waals surface area (Å²) in [5.41, 5.74) is 1.41. The Labute approximate surface area is 133 Å². The van der Waals surface area contributed by atoms with E-state index in [1.54, 1.807) is 6.07 Å². The van der Waals surface area contributed by atoms with Gasteiger partial charge in [0, 0.05) is 4.90 Å². The van der Waals surface area contributed by atoms with Gasteiger partial charge in [-0.05, 0) is 42.4 Å². The van der Waals surface area contributed by atoms with E-state index in [2.05, 4.69) is 9.97 Å². The normalized spacial score (nSPS) is 11.1. The monoisotopic (exact) mass is 343 g/mol. The lowest BCUT2D eigenvalue weighted by atomic mass is 10.2. The highest BCUT2D eigenvalue weighted by Gasteiger charge is 2.29. The van der Waals surface area contributed by atoms with Crippen molar-refractivity contribution in [1.29, 1.82) is 0 Å². The smallest absolute Gasteiger partial charge is 0.331 e. The first-order valence-corrected chi connectivity index (χ1v) is 7.40. The van der Waals surface area contributed by atoms with Crippen LogP contribution < -0.4 is 5.14 Å². The van der Waals surface area contributed by atoms with Crippen molar-refractivity contribution >= 4 is 35.2 Å². The molecule has 0 radical (unpaired) electrons. The fraction of sp³-hybridized carbons (Fsp3) is 0.0714. The van der Waals surface area contributed by atoms with Gasteiger partial charge < -0.3 is 9.97 Å². The average molecular weight is 343 g/mol. The standard InChI is InChI=1S/C7H5F3.C7H7N3S2/c8-7(9,10)6-4-2-1-3-5-6;8-12-4-1-2-5-6(3-4)10-7(11)9-5/h1-5H;1-3H,8H2,(H2,9,10,11). The van der Waals surface area contributed by atoms with E-state index < -0.39 is 11.7 Å². The second-order valence-electron chi connectivity index (χ2n) is 4.27. The minimum atomic E-state index is -4.21. The molecule has 0 unspecified atom stereocenters. The Kier molecular flexibility index (Phi) is 5.28. The summed E-state index contributed by atoms with van der Waals surface area (Å²) in [4.78, 5) is 7.06. The molecule has 0 saturated heterocycles. The van der Waals surface area contributed by atoms with Gasteiger partial charge in [0.05, 0.1) is 16.6 Å². The molecule has 0 aliphatic heterocycles. The van der Waals surface area contributed by atoms with Gasteiger partial charge in [-0.3, -0.25) is 5.14 Å². The average Bonchev–Trinajstić information content (AvgIpc) is 2.87. The fourth-order valence-corrected chi connectivity index (χ4v) is 2.26. The van der Waals surface area contributed by atoms with Gasteiger partial charge >= 0.3 is 6.18 Å². The van der Waals surface area contributed by atoms with Crippen LogP contribution in [0.5, 0.6) is 0 Å². The highest BCUT2D eigenvalue weighted by molar-refractivity contribution is 7.97. The topological polar surface area (TPSA) is 57.6 Å². The molecule has 0 atom stereocenters. The van der Waals surface area contributed by atoms with E-state index in [4.69, 9.17) is 17.4 Å². The molecule has 0 aliphatic rings. The number of nitrogens with two attached hydrogens (primary N) is 1. The number of hydrogen-bond acceptors (Lipinski definition) is 3. The molecule has 0 saturated carbocycles. The highest BCUT2D eigenvalue weighted by Crippen LogP contribution is 2.28. The van der Waals surface area contributed by atoms with Gasteiger partial charge in [0.25, 0.3) is 0 Å². The Morgan fingerprint density at radius 2 is 1.59 bits per heavy atom. The van der Waals surface area contributed by atoms with Gasteiger partial charge in [-0.2, -0.15) is 13.2 Å². The minimum absolute atomic E-state index is 0.602. The number of halogens is 3. The molecule has 0 spiro atoms. The van der Waals surface area contributed by atoms with Crippen molar-refractivity contribution in [2.45, 2.75) is 11.1 Å². The SMILES string of the molecule is FC(F)(F)c1ccccc1.NSc1ccc2[nH]c(=S)[nH]c2c1. The molecule has 0 amide bonds. The summed E-state index contributed by atoms with van der Waals surface area (Å²) in [5.74, 6) is 0. The maximum absolute atomic E-state index is 11.8. The summed E-state index contributed by atoms with van der Waals surface area (Å²) in [7, 11) is 0. The van der Waals surface area contributed by atoms with Crippen molar-refractivity contribution in [3.05, 3.63) is 58.9 Å². The van der Waals surface area contributed by atoms with Crippen LogP contribution in [-0.4, -0.2) is 9.97 Å². The molecule has 1 heterocycles. The molecule has 1 aromatic heterocycles. The number of fused-ring (bicyclic) bond motifs is 1. The van der Waals surface area contributed by atoms with Gasteiger partial charge in [0.2, 0.25) is 0 Å². The Balaban J connectivity index is 0.000000164. The van der Waals surface area contributed by atoms with Crippen molar-refractivity contribution in [2.75, 3.05) is 0 Å². The summed E-state index contributed by atoms with van der Waals surface area (Å²) in [5, 5.41) is 5.41. The first kappa shape index (κ1) is 16.6. The Bertz CT molecular complexity index is 794. The molecular formula is C14H12F3N3S2. The van der Waals surface area contributed by atoms with Gasteiger partial charge in [0.1, 0.15) is 0 Å². The number of aromatic amines is 2. The van der Waals surface area contributed by atoms with Crippen molar-refractivity contribution in [2.24, 2.45) is 5.14 Å². The molecule has 2 aromatic carbocycles. The van der Waals surface area contributed by atoms with E-state index >= 15 is 0 Å². The zero-order valence-corrected chi connectivity index (χ0v) is 12.8. The number of H-pyrrole nitrogens is 2. The molecule has 3 aromatic rings. The highest BCUT2D eigenvalue weighted by atomic mass is 32.2. The van der Waals surface area contributed by atoms with Crippen LogP contribution in [-0.2, 0) is 6.18 Å². The number of imidazole rings is 1. The molecule has 22 heavy (non-hydrogen) atoms. The number of benzene rings is 2. The van der Waals surface area contributed by atoms with Crippen molar-refractivity contribution in [1.82, 2.24) is 9.97 Å². The Hall–Kier alpha value is -1.77. The van der Waals surface area contributed by atoms with E-state index in [1.807, 2.05) is 18.2 Å². The Morgan fingerprint density at radius 1 is 0.955 bits per heavy atom. The third kappa shape index (κ3) is 4.36. The van der Waals surface area contributed by atoms with E-state index in [9.17, 15) is 13.2 Å². The van der Waals surface area contributed by atoms with Gasteiger partial charge in [-0.25, -0.2) is 0 Å². The second-order valence-corrected chi connectivity index (χ2v) is 5.38. The van der Waals surface area contributed by atoms with Crippen molar-refractivity contribution in [3.63, 3.8) is 0 Å². The number of rotatable bonds is 1. The van der Waals surface area contributed by atoms with Crippen LogP contribution in [0.25, 0.3) is 11.0 Å². The first-order chi connectivity index (χ1) is 10.4. The molecule has 3 nitrogen and oxygen atoms in total. The van der Waals surface area contributed by atoms with Gasteiger partial charge in [0.15, 0.2) is 4.77 Å². The largest absolute Gasteiger partial charge is 0.416 e. The molecule has 3 rings (SSSR count). The molecular weight excluding hydrogens is 331 g/mol.